The highest BCUT2D eigenvalue weighted by Crippen LogP contribution is 2.27. The maximum absolute atomic E-state index is 12.6. The summed E-state index contributed by atoms with van der Waals surface area (Å²) in [6.07, 6.45) is -1.61. The number of amides is 1. The van der Waals surface area contributed by atoms with Crippen LogP contribution in [-0.4, -0.2) is 26.1 Å². The van der Waals surface area contributed by atoms with Gasteiger partial charge in [-0.2, -0.15) is 18.3 Å². The van der Waals surface area contributed by atoms with E-state index in [1.807, 2.05) is 0 Å². The number of nitrogens with zero attached hydrogens (tertiary/aromatic N) is 3. The number of carbonyl (C=O) groups excluding carboxylic acids is 1. The Bertz CT molecular complexity index is 843. The molecule has 22 heavy (non-hydrogen) atoms. The van der Waals surface area contributed by atoms with E-state index >= 15 is 0 Å². The molecular weight excluding hydrogens is 299 g/mol. The molecule has 6 nitrogen and oxygen atoms in total. The number of carbonyl (C=O) groups is 1. The van der Waals surface area contributed by atoms with Gasteiger partial charge < -0.3 is 5.32 Å². The number of anilines is 1. The monoisotopic (exact) mass is 307 g/mol. The van der Waals surface area contributed by atoms with Gasteiger partial charge in [-0.05, 0) is 18.2 Å². The van der Waals surface area contributed by atoms with Crippen LogP contribution in [0.3, 0.4) is 0 Å². The Morgan fingerprint density at radius 2 is 2.05 bits per heavy atom. The second kappa shape index (κ2) is 5.10. The predicted molar refractivity (Wildman–Crippen MR) is 71.1 cm³/mol. The molecule has 0 atom stereocenters. The van der Waals surface area contributed by atoms with E-state index < -0.39 is 17.8 Å². The molecule has 0 aliphatic carbocycles. The van der Waals surface area contributed by atoms with Gasteiger partial charge in [0, 0.05) is 5.39 Å². The van der Waals surface area contributed by atoms with Crippen molar-refractivity contribution in [3.8, 4) is 0 Å². The van der Waals surface area contributed by atoms with Crippen molar-refractivity contribution in [1.82, 2.24) is 20.2 Å². The summed E-state index contributed by atoms with van der Waals surface area (Å²) in [4.78, 5) is 19.2. The highest BCUT2D eigenvalue weighted by molar-refractivity contribution is 6.03. The van der Waals surface area contributed by atoms with Gasteiger partial charge in [0.15, 0.2) is 0 Å². The molecule has 0 aliphatic rings. The van der Waals surface area contributed by atoms with Crippen LogP contribution in [0, 0.1) is 0 Å². The number of hydrogen-bond donors (Lipinski definition) is 2. The van der Waals surface area contributed by atoms with E-state index in [-0.39, 0.29) is 11.5 Å². The van der Waals surface area contributed by atoms with Crippen molar-refractivity contribution >= 4 is 22.6 Å². The summed E-state index contributed by atoms with van der Waals surface area (Å²) >= 11 is 0. The predicted octanol–water partition coefficient (Wildman–Crippen LogP) is 2.62. The van der Waals surface area contributed by atoms with Crippen molar-refractivity contribution in [2.75, 3.05) is 5.32 Å². The van der Waals surface area contributed by atoms with E-state index in [9.17, 15) is 18.0 Å². The minimum atomic E-state index is -4.61. The lowest BCUT2D eigenvalue weighted by Gasteiger charge is -2.08. The van der Waals surface area contributed by atoms with Gasteiger partial charge in [-0.15, -0.1) is 0 Å². The molecule has 0 aliphatic heterocycles. The second-order valence-corrected chi connectivity index (χ2v) is 4.39. The van der Waals surface area contributed by atoms with E-state index in [1.165, 1.54) is 18.5 Å². The highest BCUT2D eigenvalue weighted by atomic mass is 19.4. The number of halogens is 3. The number of aromatic amines is 1. The molecular formula is C13H8F3N5O. The molecule has 3 aromatic rings. The number of nitrogens with one attached hydrogen (secondary N) is 2. The molecule has 0 fully saturated rings. The van der Waals surface area contributed by atoms with Crippen molar-refractivity contribution < 1.29 is 18.0 Å². The Balaban J connectivity index is 1.85. The molecule has 1 amide bonds. The SMILES string of the molecule is O=C(Nc1cc2cn[nH]c2cn1)c1cccc(C(F)(F)F)n1. The first-order valence-electron chi connectivity index (χ1n) is 6.08. The number of H-pyrrole nitrogens is 1. The van der Waals surface area contributed by atoms with E-state index in [1.54, 1.807) is 6.07 Å². The molecule has 2 N–H and O–H groups in total. The summed E-state index contributed by atoms with van der Waals surface area (Å²) in [5.74, 6) is -0.584. The zero-order valence-corrected chi connectivity index (χ0v) is 10.8. The first-order valence-corrected chi connectivity index (χ1v) is 6.08. The van der Waals surface area contributed by atoms with Crippen molar-refractivity contribution in [1.29, 1.82) is 0 Å². The highest BCUT2D eigenvalue weighted by Gasteiger charge is 2.32. The van der Waals surface area contributed by atoms with Crippen LogP contribution in [0.2, 0.25) is 0 Å². The average molecular weight is 307 g/mol. The summed E-state index contributed by atoms with van der Waals surface area (Å²) in [6, 6.07) is 4.66. The third-order valence-electron chi connectivity index (χ3n) is 2.84. The molecule has 3 aromatic heterocycles. The third kappa shape index (κ3) is 2.73. The van der Waals surface area contributed by atoms with Gasteiger partial charge >= 0.3 is 6.18 Å². The number of hydrogen-bond acceptors (Lipinski definition) is 4. The van der Waals surface area contributed by atoms with Gasteiger partial charge in [0.25, 0.3) is 5.91 Å². The maximum atomic E-state index is 12.6. The Kier molecular flexibility index (Phi) is 3.24. The Morgan fingerprint density at radius 1 is 1.23 bits per heavy atom. The van der Waals surface area contributed by atoms with Crippen LogP contribution >= 0.6 is 0 Å². The van der Waals surface area contributed by atoms with E-state index in [0.29, 0.717) is 10.9 Å². The molecule has 0 saturated heterocycles. The maximum Gasteiger partial charge on any atom is 0.433 e. The molecule has 0 spiro atoms. The van der Waals surface area contributed by atoms with Crippen LogP contribution in [0.4, 0.5) is 19.0 Å². The molecule has 0 saturated carbocycles. The molecule has 0 unspecified atom stereocenters. The van der Waals surface area contributed by atoms with Gasteiger partial charge in [-0.25, -0.2) is 9.97 Å². The molecule has 112 valence electrons. The molecule has 3 rings (SSSR count). The zero-order chi connectivity index (χ0) is 15.7. The molecule has 9 heteroatoms. The summed E-state index contributed by atoms with van der Waals surface area (Å²) < 4.78 is 37.7. The number of rotatable bonds is 2. The smallest absolute Gasteiger partial charge is 0.305 e. The van der Waals surface area contributed by atoms with Gasteiger partial charge in [0.1, 0.15) is 17.2 Å². The molecule has 0 aromatic carbocycles. The van der Waals surface area contributed by atoms with Gasteiger partial charge in [-0.3, -0.25) is 9.89 Å². The summed E-state index contributed by atoms with van der Waals surface area (Å²) in [7, 11) is 0. The van der Waals surface area contributed by atoms with Crippen LogP contribution < -0.4 is 5.32 Å². The van der Waals surface area contributed by atoms with Crippen molar-refractivity contribution in [2.45, 2.75) is 6.18 Å². The minimum Gasteiger partial charge on any atom is -0.305 e. The summed E-state index contributed by atoms with van der Waals surface area (Å²) in [6.45, 7) is 0. The van der Waals surface area contributed by atoms with Crippen molar-refractivity contribution in [3.05, 3.63) is 48.0 Å². The Hall–Kier alpha value is -2.97. The summed E-state index contributed by atoms with van der Waals surface area (Å²) in [5.41, 5.74) is -0.794. The summed E-state index contributed by atoms with van der Waals surface area (Å²) in [5, 5.41) is 9.60. The second-order valence-electron chi connectivity index (χ2n) is 4.39. The van der Waals surface area contributed by atoms with E-state index in [2.05, 4.69) is 25.5 Å². The fraction of sp³-hybridized carbons (Fsp3) is 0.0769. The van der Waals surface area contributed by atoms with Gasteiger partial charge in [-0.1, -0.05) is 6.07 Å². The number of alkyl halides is 3. The number of fused-ring (bicyclic) bond motifs is 1. The van der Waals surface area contributed by atoms with Gasteiger partial charge in [0.2, 0.25) is 0 Å². The lowest BCUT2D eigenvalue weighted by atomic mass is 10.2. The number of aromatic nitrogens is 4. The number of pyridine rings is 2. The standard InChI is InChI=1S/C13H8F3N5O/c14-13(15,16)10-3-1-2-8(19-10)12(22)20-11-4-7-5-18-21-9(7)6-17-11/h1-6H,(H,18,21)(H,17,20,22). The molecule has 0 radical (unpaired) electrons. The van der Waals surface area contributed by atoms with Crippen molar-refractivity contribution in [3.63, 3.8) is 0 Å². The minimum absolute atomic E-state index is 0.193. The Labute approximate surface area is 121 Å². The van der Waals surface area contributed by atoms with Crippen LogP contribution in [-0.2, 0) is 6.18 Å². The zero-order valence-electron chi connectivity index (χ0n) is 10.8. The Morgan fingerprint density at radius 3 is 2.82 bits per heavy atom. The topological polar surface area (TPSA) is 83.6 Å². The van der Waals surface area contributed by atoms with Crippen LogP contribution in [0.25, 0.3) is 10.9 Å². The fourth-order valence-corrected chi connectivity index (χ4v) is 1.81. The van der Waals surface area contributed by atoms with Crippen molar-refractivity contribution in [2.24, 2.45) is 0 Å². The first-order chi connectivity index (χ1) is 10.4. The van der Waals surface area contributed by atoms with Crippen LogP contribution in [0.1, 0.15) is 16.2 Å². The lowest BCUT2D eigenvalue weighted by Crippen LogP contribution is -2.17. The largest absolute Gasteiger partial charge is 0.433 e. The molecule has 3 heterocycles. The van der Waals surface area contributed by atoms with E-state index in [0.717, 1.165) is 12.1 Å². The van der Waals surface area contributed by atoms with Crippen LogP contribution in [0.5, 0.6) is 0 Å². The third-order valence-corrected chi connectivity index (χ3v) is 2.84. The van der Waals surface area contributed by atoms with Gasteiger partial charge in [0.05, 0.1) is 17.9 Å². The quantitative estimate of drug-likeness (QED) is 0.762. The first kappa shape index (κ1) is 14.0. The van der Waals surface area contributed by atoms with E-state index in [4.69, 9.17) is 0 Å². The molecule has 0 bridgehead atoms. The lowest BCUT2D eigenvalue weighted by molar-refractivity contribution is -0.141. The van der Waals surface area contributed by atoms with Crippen LogP contribution in [0.15, 0.2) is 36.7 Å². The normalized spacial score (nSPS) is 11.6. The average Bonchev–Trinajstić information content (AvgIpc) is 2.94. The fourth-order valence-electron chi connectivity index (χ4n) is 1.81.